The van der Waals surface area contributed by atoms with E-state index in [4.69, 9.17) is 0 Å². The maximum absolute atomic E-state index is 9.19. The zero-order chi connectivity index (χ0) is 13.5. The van der Waals surface area contributed by atoms with Gasteiger partial charge >= 0.3 is 0 Å². The topological polar surface area (TPSA) is 20.2 Å². The normalized spacial score (nSPS) is 13.0. The monoisotopic (exact) mass is 272 g/mol. The highest BCUT2D eigenvalue weighted by Crippen LogP contribution is 2.13. The molecule has 0 saturated carbocycles. The van der Waals surface area contributed by atoms with Gasteiger partial charge in [0.05, 0.1) is 0 Å². The van der Waals surface area contributed by atoms with Gasteiger partial charge in [0.2, 0.25) is 0 Å². The maximum atomic E-state index is 9.19. The van der Waals surface area contributed by atoms with E-state index in [9.17, 15) is 5.11 Å². The van der Waals surface area contributed by atoms with Gasteiger partial charge < -0.3 is 5.11 Å². The minimum absolute atomic E-state index is 0.0395. The SMILES string of the molecule is CCCCCCCCCCCCCCCC(O)[SiH3]. The van der Waals surface area contributed by atoms with Crippen LogP contribution in [-0.2, 0) is 0 Å². The lowest BCUT2D eigenvalue weighted by Crippen LogP contribution is -2.04. The van der Waals surface area contributed by atoms with Gasteiger partial charge in [0.25, 0.3) is 0 Å². The summed E-state index contributed by atoms with van der Waals surface area (Å²) in [6, 6.07) is 0. The Morgan fingerprint density at radius 1 is 0.667 bits per heavy atom. The molecule has 0 aliphatic carbocycles. The molecule has 0 bridgehead atoms. The molecule has 1 N–H and O–H groups in total. The minimum atomic E-state index is 0.0395. The van der Waals surface area contributed by atoms with Crippen LogP contribution in [0.25, 0.3) is 0 Å². The van der Waals surface area contributed by atoms with E-state index in [0.29, 0.717) is 0 Å². The standard InChI is InChI=1S/C16H36OSi/c1-2-3-4-5-6-7-8-9-10-11-12-13-14-15-16(17)18/h16-17H,2-15H2,1,18H3. The summed E-state index contributed by atoms with van der Waals surface area (Å²) in [4.78, 5) is 0. The number of hydrogen-bond donors (Lipinski definition) is 1. The van der Waals surface area contributed by atoms with E-state index in [-0.39, 0.29) is 5.73 Å². The third kappa shape index (κ3) is 16.2. The Morgan fingerprint density at radius 2 is 1.00 bits per heavy atom. The van der Waals surface area contributed by atoms with Gasteiger partial charge in [-0.1, -0.05) is 90.4 Å². The highest BCUT2D eigenvalue weighted by atomic mass is 28.1. The molecule has 0 saturated heterocycles. The lowest BCUT2D eigenvalue weighted by Gasteiger charge is -2.04. The number of aliphatic hydroxyl groups is 1. The fraction of sp³-hybridized carbons (Fsp3) is 1.00. The van der Waals surface area contributed by atoms with E-state index in [0.717, 1.165) is 16.7 Å². The molecule has 0 rings (SSSR count). The minimum Gasteiger partial charge on any atom is -0.398 e. The highest BCUT2D eigenvalue weighted by molar-refractivity contribution is 6.10. The summed E-state index contributed by atoms with van der Waals surface area (Å²) in [6.45, 7) is 2.28. The van der Waals surface area contributed by atoms with Crippen molar-refractivity contribution in [3.63, 3.8) is 0 Å². The molecule has 1 nitrogen and oxygen atoms in total. The number of unbranched alkanes of at least 4 members (excludes halogenated alkanes) is 12. The Morgan fingerprint density at radius 3 is 1.33 bits per heavy atom. The van der Waals surface area contributed by atoms with Gasteiger partial charge in [-0.15, -0.1) is 0 Å². The smallest absolute Gasteiger partial charge is 0.0389 e. The first-order chi connectivity index (χ1) is 8.77. The summed E-state index contributed by atoms with van der Waals surface area (Å²) in [6.07, 6.45) is 19.3. The molecule has 18 heavy (non-hydrogen) atoms. The Balaban J connectivity index is 2.90. The molecular weight excluding hydrogens is 236 g/mol. The van der Waals surface area contributed by atoms with Gasteiger partial charge in [-0.3, -0.25) is 0 Å². The zero-order valence-corrected chi connectivity index (χ0v) is 14.9. The summed E-state index contributed by atoms with van der Waals surface area (Å²) >= 11 is 0. The van der Waals surface area contributed by atoms with Crippen LogP contribution in [-0.4, -0.2) is 21.1 Å². The predicted octanol–water partition coefficient (Wildman–Crippen LogP) is 4.15. The third-order valence-corrected chi connectivity index (χ3v) is 4.30. The second-order valence-corrected chi connectivity index (χ2v) is 7.21. The van der Waals surface area contributed by atoms with Gasteiger partial charge in [0.1, 0.15) is 0 Å². The number of rotatable bonds is 14. The molecule has 0 amide bonds. The first-order valence-corrected chi connectivity index (χ1v) is 9.61. The van der Waals surface area contributed by atoms with Crippen molar-refractivity contribution in [2.75, 3.05) is 0 Å². The van der Waals surface area contributed by atoms with E-state index >= 15 is 0 Å². The fourth-order valence-corrected chi connectivity index (χ4v) is 2.87. The molecule has 0 aromatic carbocycles. The molecular formula is C16H36OSi. The molecule has 0 aliphatic heterocycles. The average molecular weight is 273 g/mol. The lowest BCUT2D eigenvalue weighted by atomic mass is 10.0. The summed E-state index contributed by atoms with van der Waals surface area (Å²) in [5.41, 5.74) is 0.0395. The molecule has 0 spiro atoms. The van der Waals surface area contributed by atoms with E-state index < -0.39 is 0 Å². The largest absolute Gasteiger partial charge is 0.398 e. The molecule has 0 aliphatic rings. The Labute approximate surface area is 118 Å². The van der Waals surface area contributed by atoms with E-state index in [1.54, 1.807) is 0 Å². The van der Waals surface area contributed by atoms with Crippen molar-refractivity contribution >= 4 is 10.2 Å². The summed E-state index contributed by atoms with van der Waals surface area (Å²) in [5.74, 6) is 0. The summed E-state index contributed by atoms with van der Waals surface area (Å²) in [7, 11) is 0.946. The van der Waals surface area contributed by atoms with Gasteiger partial charge in [0, 0.05) is 16.0 Å². The molecule has 110 valence electrons. The van der Waals surface area contributed by atoms with Crippen LogP contribution in [0.4, 0.5) is 0 Å². The first-order valence-electron chi connectivity index (χ1n) is 8.45. The fourth-order valence-electron chi connectivity index (χ4n) is 2.46. The van der Waals surface area contributed by atoms with Crippen LogP contribution < -0.4 is 0 Å². The molecule has 1 unspecified atom stereocenters. The molecule has 0 radical (unpaired) electrons. The Bertz CT molecular complexity index is 148. The van der Waals surface area contributed by atoms with Gasteiger partial charge in [-0.2, -0.15) is 0 Å². The lowest BCUT2D eigenvalue weighted by molar-refractivity contribution is 0.239. The van der Waals surface area contributed by atoms with Crippen LogP contribution in [0, 0.1) is 0 Å². The van der Waals surface area contributed by atoms with Crippen LogP contribution in [0.15, 0.2) is 0 Å². The molecule has 0 aromatic rings. The Hall–Kier alpha value is 0.177. The molecule has 0 fully saturated rings. The van der Waals surface area contributed by atoms with Crippen molar-refractivity contribution in [2.24, 2.45) is 0 Å². The second-order valence-electron chi connectivity index (χ2n) is 5.88. The van der Waals surface area contributed by atoms with Crippen LogP contribution in [0.1, 0.15) is 96.8 Å². The highest BCUT2D eigenvalue weighted by Gasteiger charge is 1.96. The molecule has 2 heteroatoms. The first kappa shape index (κ1) is 18.2. The average Bonchev–Trinajstić information content (AvgIpc) is 2.34. The van der Waals surface area contributed by atoms with Crippen molar-refractivity contribution in [3.8, 4) is 0 Å². The summed E-state index contributed by atoms with van der Waals surface area (Å²) in [5, 5.41) is 9.19. The van der Waals surface area contributed by atoms with Crippen molar-refractivity contribution in [2.45, 2.75) is 103 Å². The number of hydrogen-bond acceptors (Lipinski definition) is 1. The maximum Gasteiger partial charge on any atom is 0.0389 e. The van der Waals surface area contributed by atoms with Crippen LogP contribution in [0.5, 0.6) is 0 Å². The van der Waals surface area contributed by atoms with E-state index in [1.807, 2.05) is 0 Å². The van der Waals surface area contributed by atoms with Crippen molar-refractivity contribution in [1.82, 2.24) is 0 Å². The van der Waals surface area contributed by atoms with Crippen LogP contribution in [0.3, 0.4) is 0 Å². The third-order valence-electron chi connectivity index (χ3n) is 3.73. The van der Waals surface area contributed by atoms with Crippen LogP contribution in [0.2, 0.25) is 0 Å². The molecule has 0 aromatic heterocycles. The van der Waals surface area contributed by atoms with Crippen molar-refractivity contribution < 1.29 is 5.11 Å². The zero-order valence-electron chi connectivity index (χ0n) is 12.9. The van der Waals surface area contributed by atoms with E-state index in [1.165, 1.54) is 83.5 Å². The molecule has 0 heterocycles. The summed E-state index contributed by atoms with van der Waals surface area (Å²) < 4.78 is 0. The predicted molar refractivity (Wildman–Crippen MR) is 86.3 cm³/mol. The second kappa shape index (κ2) is 15.2. The van der Waals surface area contributed by atoms with E-state index in [2.05, 4.69) is 6.92 Å². The van der Waals surface area contributed by atoms with Crippen molar-refractivity contribution in [1.29, 1.82) is 0 Å². The molecule has 1 atom stereocenters. The van der Waals surface area contributed by atoms with Crippen molar-refractivity contribution in [3.05, 3.63) is 0 Å². The number of aliphatic hydroxyl groups excluding tert-OH is 1. The van der Waals surface area contributed by atoms with Gasteiger partial charge in [-0.25, -0.2) is 0 Å². The van der Waals surface area contributed by atoms with Crippen LogP contribution >= 0.6 is 0 Å². The Kier molecular flexibility index (Phi) is 15.4. The van der Waals surface area contributed by atoms with Gasteiger partial charge in [-0.05, 0) is 6.42 Å². The van der Waals surface area contributed by atoms with Gasteiger partial charge in [0.15, 0.2) is 0 Å². The quantitative estimate of drug-likeness (QED) is 0.372.